The minimum absolute atomic E-state index is 0.516. The maximum absolute atomic E-state index is 2.92. The SMILES string of the molecule is CC(C)CCC[C@@H](C)[C@H]1CC[C@H]2[C@@H]3CC=C4[CH]C5(CC5)C5(CC5)C5(CC5)[C@]4(C)[C@H]3CC[C@]12C. The smallest absolute Gasteiger partial charge is 0.00202 e. The van der Waals surface area contributed by atoms with Crippen LogP contribution >= 0.6 is 0 Å². The Labute approximate surface area is 205 Å². The molecule has 0 aromatic rings. The summed E-state index contributed by atoms with van der Waals surface area (Å²) in [6, 6.07) is 0. The third-order valence-corrected chi connectivity index (χ3v) is 14.2. The highest BCUT2D eigenvalue weighted by atomic mass is 14.9. The molecule has 0 heteroatoms. The molecular formula is C33H51. The minimum atomic E-state index is 0.516. The fraction of sp³-hybridized carbons (Fsp3) is 0.909. The molecule has 7 aliphatic rings. The average molecular weight is 448 g/mol. The first-order chi connectivity index (χ1) is 15.7. The van der Waals surface area contributed by atoms with Gasteiger partial charge >= 0.3 is 0 Å². The molecule has 7 atom stereocenters. The molecule has 0 saturated heterocycles. The molecule has 1 radical (unpaired) electrons. The summed E-state index contributed by atoms with van der Waals surface area (Å²) >= 11 is 0. The normalized spacial score (nSPS) is 47.8. The molecule has 0 amide bonds. The molecule has 0 aromatic heterocycles. The molecule has 6 fully saturated rings. The van der Waals surface area contributed by atoms with Crippen LogP contribution in [0.2, 0.25) is 0 Å². The van der Waals surface area contributed by atoms with E-state index < -0.39 is 0 Å². The Hall–Kier alpha value is -0.260. The van der Waals surface area contributed by atoms with E-state index in [1.807, 2.05) is 5.57 Å². The molecule has 7 rings (SSSR count). The van der Waals surface area contributed by atoms with Gasteiger partial charge in [0.2, 0.25) is 0 Å². The lowest BCUT2D eigenvalue weighted by atomic mass is 9.40. The summed E-state index contributed by atoms with van der Waals surface area (Å²) in [4.78, 5) is 0. The summed E-state index contributed by atoms with van der Waals surface area (Å²) in [6.07, 6.45) is 27.0. The molecule has 0 bridgehead atoms. The Kier molecular flexibility index (Phi) is 4.48. The number of hydrogen-bond acceptors (Lipinski definition) is 0. The predicted molar refractivity (Wildman–Crippen MR) is 138 cm³/mol. The van der Waals surface area contributed by atoms with E-state index in [-0.39, 0.29) is 0 Å². The van der Waals surface area contributed by atoms with Gasteiger partial charge in [0.1, 0.15) is 0 Å². The van der Waals surface area contributed by atoms with E-state index in [0.717, 1.165) is 40.9 Å². The van der Waals surface area contributed by atoms with Crippen molar-refractivity contribution >= 4 is 0 Å². The molecule has 0 nitrogen and oxygen atoms in total. The number of fused-ring (bicyclic) bond motifs is 8. The molecular weight excluding hydrogens is 396 g/mol. The highest BCUT2D eigenvalue weighted by Crippen LogP contribution is 2.93. The predicted octanol–water partition coefficient (Wildman–Crippen LogP) is 9.40. The number of rotatable bonds is 5. The van der Waals surface area contributed by atoms with Crippen molar-refractivity contribution in [3.8, 4) is 0 Å². The van der Waals surface area contributed by atoms with Crippen molar-refractivity contribution in [2.45, 2.75) is 125 Å². The molecule has 0 heterocycles. The van der Waals surface area contributed by atoms with E-state index in [1.54, 1.807) is 38.5 Å². The molecule has 183 valence electrons. The Morgan fingerprint density at radius 3 is 2.18 bits per heavy atom. The third kappa shape index (κ3) is 2.56. The van der Waals surface area contributed by atoms with Crippen LogP contribution in [-0.2, 0) is 0 Å². The van der Waals surface area contributed by atoms with E-state index in [1.165, 1.54) is 51.4 Å². The summed E-state index contributed by atoms with van der Waals surface area (Å²) in [7, 11) is 0. The zero-order chi connectivity index (χ0) is 22.9. The minimum Gasteiger partial charge on any atom is -0.0841 e. The summed E-state index contributed by atoms with van der Waals surface area (Å²) in [5.41, 5.74) is 5.13. The van der Waals surface area contributed by atoms with Crippen molar-refractivity contribution < 1.29 is 0 Å². The van der Waals surface area contributed by atoms with Crippen LogP contribution < -0.4 is 0 Å². The van der Waals surface area contributed by atoms with Crippen molar-refractivity contribution in [3.63, 3.8) is 0 Å². The fourth-order valence-corrected chi connectivity index (χ4v) is 12.3. The molecule has 0 aromatic carbocycles. The largest absolute Gasteiger partial charge is 0.0841 e. The lowest BCUT2D eigenvalue weighted by molar-refractivity contribution is -0.0981. The van der Waals surface area contributed by atoms with E-state index in [9.17, 15) is 0 Å². The summed E-state index contributed by atoms with van der Waals surface area (Å²) in [5, 5.41) is 0. The lowest BCUT2D eigenvalue weighted by Crippen LogP contribution is -2.57. The quantitative estimate of drug-likeness (QED) is 0.393. The second-order valence-corrected chi connectivity index (χ2v) is 15.5. The maximum atomic E-state index is 2.92. The van der Waals surface area contributed by atoms with Crippen LogP contribution in [0.3, 0.4) is 0 Å². The average Bonchev–Trinajstić information content (AvgIpc) is 3.63. The number of hydrogen-bond donors (Lipinski definition) is 0. The van der Waals surface area contributed by atoms with E-state index in [2.05, 4.69) is 47.1 Å². The van der Waals surface area contributed by atoms with Gasteiger partial charge in [-0.15, -0.1) is 0 Å². The van der Waals surface area contributed by atoms with Crippen molar-refractivity contribution in [3.05, 3.63) is 18.1 Å². The van der Waals surface area contributed by atoms with Gasteiger partial charge < -0.3 is 0 Å². The molecule has 3 spiro atoms. The Morgan fingerprint density at radius 1 is 0.818 bits per heavy atom. The van der Waals surface area contributed by atoms with Gasteiger partial charge in [-0.05, 0) is 140 Å². The van der Waals surface area contributed by atoms with Crippen molar-refractivity contribution in [2.24, 2.45) is 62.6 Å². The summed E-state index contributed by atoms with van der Waals surface area (Å²) in [6.45, 7) is 13.0. The zero-order valence-corrected chi connectivity index (χ0v) is 22.5. The van der Waals surface area contributed by atoms with Gasteiger partial charge in [-0.1, -0.05) is 65.5 Å². The van der Waals surface area contributed by atoms with Crippen molar-refractivity contribution in [1.82, 2.24) is 0 Å². The van der Waals surface area contributed by atoms with Gasteiger partial charge in [-0.25, -0.2) is 0 Å². The van der Waals surface area contributed by atoms with Gasteiger partial charge in [0.05, 0.1) is 0 Å². The molecule has 7 aliphatic carbocycles. The molecule has 33 heavy (non-hydrogen) atoms. The highest BCUT2D eigenvalue weighted by Gasteiger charge is 2.84. The Morgan fingerprint density at radius 2 is 1.55 bits per heavy atom. The number of allylic oxidation sites excluding steroid dienone is 2. The zero-order valence-electron chi connectivity index (χ0n) is 22.5. The van der Waals surface area contributed by atoms with Gasteiger partial charge in [-0.2, -0.15) is 0 Å². The van der Waals surface area contributed by atoms with Gasteiger partial charge in [-0.3, -0.25) is 0 Å². The summed E-state index contributed by atoms with van der Waals surface area (Å²) in [5.74, 6) is 5.77. The Bertz CT molecular complexity index is 847. The van der Waals surface area contributed by atoms with E-state index in [4.69, 9.17) is 0 Å². The van der Waals surface area contributed by atoms with Gasteiger partial charge in [0.25, 0.3) is 0 Å². The van der Waals surface area contributed by atoms with Crippen LogP contribution in [0.25, 0.3) is 0 Å². The van der Waals surface area contributed by atoms with Gasteiger partial charge in [0, 0.05) is 0 Å². The molecule has 0 N–H and O–H groups in total. The Balaban J connectivity index is 1.17. The second kappa shape index (κ2) is 6.73. The first-order valence-corrected chi connectivity index (χ1v) is 15.3. The molecule has 6 saturated carbocycles. The van der Waals surface area contributed by atoms with Crippen LogP contribution in [0, 0.1) is 69.0 Å². The van der Waals surface area contributed by atoms with Crippen LogP contribution in [0.1, 0.15) is 125 Å². The van der Waals surface area contributed by atoms with E-state index in [0.29, 0.717) is 21.7 Å². The first kappa shape index (κ1) is 22.0. The second-order valence-electron chi connectivity index (χ2n) is 15.5. The summed E-state index contributed by atoms with van der Waals surface area (Å²) < 4.78 is 0. The standard InChI is InChI=1S/C33H51/c1-22(2)7-6-8-23(3)26-11-12-27-25-10-9-24-21-31(15-16-31)33(19-20-33)32(17-18-32)30(24,5)28(25)13-14-29(26,27)4/h9,21-23,25-28H,6-8,10-20H2,1-5H3/t23-,25+,26-,27+,28+,29-,30+/m1/s1. The van der Waals surface area contributed by atoms with Crippen molar-refractivity contribution in [1.29, 1.82) is 0 Å². The fourth-order valence-electron chi connectivity index (χ4n) is 12.3. The highest BCUT2D eigenvalue weighted by molar-refractivity contribution is 5.48. The van der Waals surface area contributed by atoms with Crippen LogP contribution in [-0.4, -0.2) is 0 Å². The lowest BCUT2D eigenvalue weighted by Gasteiger charge is -2.64. The first-order valence-electron chi connectivity index (χ1n) is 15.3. The maximum Gasteiger partial charge on any atom is -0.00202 e. The molecule has 0 unspecified atom stereocenters. The van der Waals surface area contributed by atoms with Crippen LogP contribution in [0.4, 0.5) is 0 Å². The topological polar surface area (TPSA) is 0 Å². The molecule has 0 aliphatic heterocycles. The van der Waals surface area contributed by atoms with Crippen molar-refractivity contribution in [2.75, 3.05) is 0 Å². The van der Waals surface area contributed by atoms with Crippen LogP contribution in [0.5, 0.6) is 0 Å². The monoisotopic (exact) mass is 447 g/mol. The third-order valence-electron chi connectivity index (χ3n) is 14.2. The van der Waals surface area contributed by atoms with Gasteiger partial charge in [0.15, 0.2) is 0 Å². The van der Waals surface area contributed by atoms with Crippen LogP contribution in [0.15, 0.2) is 11.6 Å². The van der Waals surface area contributed by atoms with E-state index >= 15 is 0 Å².